The number of hydrogen-bond donors (Lipinski definition) is 3. The molecule has 7 nitrogen and oxygen atoms in total. The Bertz CT molecular complexity index is 628. The van der Waals surface area contributed by atoms with Crippen molar-refractivity contribution in [1.29, 1.82) is 0 Å². The van der Waals surface area contributed by atoms with Crippen LogP contribution in [0.4, 0.5) is 0 Å². The Kier molecular flexibility index (Phi) is 26.9. The van der Waals surface area contributed by atoms with Crippen LogP contribution in [0.25, 0.3) is 0 Å². The van der Waals surface area contributed by atoms with E-state index in [1.54, 1.807) is 0 Å². The minimum absolute atomic E-state index is 0.0879. The molecule has 0 unspecified atom stereocenters. The first-order valence-corrected chi connectivity index (χ1v) is 17.0. The van der Waals surface area contributed by atoms with Crippen molar-refractivity contribution in [1.82, 2.24) is 0 Å². The van der Waals surface area contributed by atoms with E-state index in [0.717, 1.165) is 32.2 Å². The maximum Gasteiger partial charge on any atom is 0.303 e. The Hall–Kier alpha value is -1.89. The zero-order valence-electron chi connectivity index (χ0n) is 26.5. The Labute approximate surface area is 251 Å². The van der Waals surface area contributed by atoms with Crippen molar-refractivity contribution >= 4 is 17.9 Å². The smallest absolute Gasteiger partial charge is 0.303 e. The summed E-state index contributed by atoms with van der Waals surface area (Å²) >= 11 is 0. The molecular weight excluding hydrogens is 518 g/mol. The van der Waals surface area contributed by atoms with Crippen molar-refractivity contribution in [3.63, 3.8) is 0 Å². The molecule has 0 aromatic rings. The molecule has 0 aromatic heterocycles. The third-order valence-corrected chi connectivity index (χ3v) is 8.21. The summed E-state index contributed by atoms with van der Waals surface area (Å²) in [7, 11) is 0. The average Bonchev–Trinajstić information content (AvgIpc) is 2.91. The van der Waals surface area contributed by atoms with Gasteiger partial charge in [0.15, 0.2) is 0 Å². The van der Waals surface area contributed by atoms with Gasteiger partial charge in [0, 0.05) is 19.3 Å². The fraction of sp³-hybridized carbons (Fsp3) is 0.853. The molecule has 0 radical (unpaired) electrons. The number of carbonyl (C=O) groups is 3. The van der Waals surface area contributed by atoms with Gasteiger partial charge in [-0.05, 0) is 38.5 Å². The van der Waals surface area contributed by atoms with Crippen molar-refractivity contribution in [3.05, 3.63) is 12.2 Å². The third kappa shape index (κ3) is 28.0. The van der Waals surface area contributed by atoms with Gasteiger partial charge in [-0.15, -0.1) is 0 Å². The van der Waals surface area contributed by atoms with Crippen LogP contribution >= 0.6 is 0 Å². The predicted octanol–water partition coefficient (Wildman–Crippen LogP) is 9.00. The zero-order valence-corrected chi connectivity index (χ0v) is 26.5. The number of rotatable bonds is 32. The van der Waals surface area contributed by atoms with E-state index in [2.05, 4.69) is 19.1 Å². The SMILES string of the molecule is CCCCCCCCCCCCC/C=C/CCCCCCC[N+](CCCC(=O)O)(CCCC(=O)O)CCCC(=O)O. The molecule has 0 spiro atoms. The number of carboxylic acids is 3. The van der Waals surface area contributed by atoms with E-state index in [-0.39, 0.29) is 19.3 Å². The fourth-order valence-corrected chi connectivity index (χ4v) is 5.77. The van der Waals surface area contributed by atoms with E-state index in [1.807, 2.05) is 0 Å². The van der Waals surface area contributed by atoms with Gasteiger partial charge in [-0.1, -0.05) is 96.1 Å². The van der Waals surface area contributed by atoms with Crippen molar-refractivity contribution in [2.24, 2.45) is 0 Å². The number of quaternary nitrogens is 1. The van der Waals surface area contributed by atoms with Gasteiger partial charge < -0.3 is 19.8 Å². The third-order valence-electron chi connectivity index (χ3n) is 8.21. The average molecular weight is 583 g/mol. The molecule has 0 aromatic carbocycles. The second-order valence-corrected chi connectivity index (χ2v) is 12.1. The summed E-state index contributed by atoms with van der Waals surface area (Å²) in [5.41, 5.74) is 0. The second kappa shape index (κ2) is 28.2. The molecule has 0 heterocycles. The predicted molar refractivity (Wildman–Crippen MR) is 168 cm³/mol. The maximum atomic E-state index is 11.1. The molecule has 0 aliphatic heterocycles. The van der Waals surface area contributed by atoms with Gasteiger partial charge in [0.1, 0.15) is 0 Å². The van der Waals surface area contributed by atoms with Gasteiger partial charge in [-0.25, -0.2) is 0 Å². The summed E-state index contributed by atoms with van der Waals surface area (Å²) in [5.74, 6) is -2.48. The molecule has 0 saturated heterocycles. The lowest BCUT2D eigenvalue weighted by Gasteiger charge is -2.39. The van der Waals surface area contributed by atoms with Crippen LogP contribution in [0, 0.1) is 0 Å². The first-order valence-electron chi connectivity index (χ1n) is 17.0. The van der Waals surface area contributed by atoms with Crippen LogP contribution in [-0.4, -0.2) is 63.9 Å². The van der Waals surface area contributed by atoms with Gasteiger partial charge in [0.05, 0.1) is 45.4 Å². The van der Waals surface area contributed by atoms with E-state index in [9.17, 15) is 14.4 Å². The van der Waals surface area contributed by atoms with E-state index < -0.39 is 17.9 Å². The minimum Gasteiger partial charge on any atom is -0.481 e. The highest BCUT2D eigenvalue weighted by Gasteiger charge is 2.27. The zero-order chi connectivity index (χ0) is 30.4. The molecule has 3 N–H and O–H groups in total. The van der Waals surface area contributed by atoms with Crippen LogP contribution in [0.15, 0.2) is 12.2 Å². The molecule has 0 fully saturated rings. The fourth-order valence-electron chi connectivity index (χ4n) is 5.77. The Balaban J connectivity index is 4.12. The first kappa shape index (κ1) is 39.1. The molecule has 0 aliphatic carbocycles. The number of nitrogens with zero attached hydrogens (tertiary/aromatic N) is 1. The summed E-state index contributed by atoms with van der Waals surface area (Å²) in [6, 6.07) is 0. The normalized spacial score (nSPS) is 11.8. The Morgan fingerprint density at radius 1 is 0.439 bits per heavy atom. The summed E-state index contributed by atoms with van der Waals surface area (Å²) in [5, 5.41) is 27.3. The minimum atomic E-state index is -0.827. The highest BCUT2D eigenvalue weighted by atomic mass is 16.4. The largest absolute Gasteiger partial charge is 0.481 e. The molecule has 0 aliphatic rings. The lowest BCUT2D eigenvalue weighted by Crippen LogP contribution is -2.51. The standard InChI is InChI=1S/C34H63NO6/c1-2-3-4-5-6-7-8-9-10-11-12-13-14-15-16-17-18-19-20-21-28-35(29-22-25-32(36)37,30-23-26-33(38)39)31-24-27-34(40)41/h14-15H,2-13,16-31H2,1H3,(H2-,36,37,38,39,40,41)/p+1/b15-14+. The Morgan fingerprint density at radius 2 is 0.732 bits per heavy atom. The quantitative estimate of drug-likeness (QED) is 0.0414. The van der Waals surface area contributed by atoms with Crippen LogP contribution in [-0.2, 0) is 14.4 Å². The monoisotopic (exact) mass is 582 g/mol. The van der Waals surface area contributed by atoms with E-state index in [1.165, 1.54) is 89.9 Å². The van der Waals surface area contributed by atoms with Gasteiger partial charge in [-0.3, -0.25) is 14.4 Å². The number of aliphatic carboxylic acids is 3. The van der Waals surface area contributed by atoms with Gasteiger partial charge in [0.2, 0.25) is 0 Å². The number of unbranched alkanes of at least 4 members (excludes halogenated alkanes) is 16. The molecule has 0 saturated carbocycles. The van der Waals surface area contributed by atoms with Gasteiger partial charge >= 0.3 is 17.9 Å². The van der Waals surface area contributed by atoms with Crippen LogP contribution in [0.5, 0.6) is 0 Å². The molecule has 0 bridgehead atoms. The molecule has 240 valence electrons. The summed E-state index contributed by atoms with van der Waals surface area (Å²) in [4.78, 5) is 33.2. The van der Waals surface area contributed by atoms with Crippen LogP contribution in [0.2, 0.25) is 0 Å². The highest BCUT2D eigenvalue weighted by molar-refractivity contribution is 5.67. The van der Waals surface area contributed by atoms with Crippen molar-refractivity contribution < 1.29 is 34.2 Å². The molecule has 0 amide bonds. The molecular formula is C34H64NO6+. The van der Waals surface area contributed by atoms with Crippen molar-refractivity contribution in [3.8, 4) is 0 Å². The van der Waals surface area contributed by atoms with Gasteiger partial charge in [0.25, 0.3) is 0 Å². The summed E-state index contributed by atoms with van der Waals surface area (Å²) in [6.45, 7) is 5.12. The van der Waals surface area contributed by atoms with E-state index >= 15 is 0 Å². The van der Waals surface area contributed by atoms with E-state index in [0.29, 0.717) is 43.4 Å². The van der Waals surface area contributed by atoms with Crippen molar-refractivity contribution in [2.75, 3.05) is 26.2 Å². The number of carboxylic acid groups (broad SMARTS) is 3. The highest BCUT2D eigenvalue weighted by Crippen LogP contribution is 2.18. The first-order chi connectivity index (χ1) is 19.8. The topological polar surface area (TPSA) is 112 Å². The lowest BCUT2D eigenvalue weighted by atomic mass is 10.0. The number of hydrogen-bond acceptors (Lipinski definition) is 3. The summed E-state index contributed by atoms with van der Waals surface area (Å²) < 4.78 is 0.635. The Morgan fingerprint density at radius 3 is 1.07 bits per heavy atom. The van der Waals surface area contributed by atoms with Crippen LogP contribution < -0.4 is 0 Å². The van der Waals surface area contributed by atoms with Gasteiger partial charge in [-0.2, -0.15) is 0 Å². The molecule has 41 heavy (non-hydrogen) atoms. The van der Waals surface area contributed by atoms with Crippen LogP contribution in [0.3, 0.4) is 0 Å². The molecule has 0 rings (SSSR count). The number of allylic oxidation sites excluding steroid dienone is 2. The van der Waals surface area contributed by atoms with E-state index in [4.69, 9.17) is 15.3 Å². The maximum absolute atomic E-state index is 11.1. The van der Waals surface area contributed by atoms with Crippen molar-refractivity contribution in [2.45, 2.75) is 161 Å². The second-order valence-electron chi connectivity index (χ2n) is 12.1. The molecule has 0 atom stereocenters. The van der Waals surface area contributed by atoms with Crippen LogP contribution in [0.1, 0.15) is 161 Å². The summed E-state index contributed by atoms with van der Waals surface area (Å²) in [6.07, 6.45) is 29.7. The molecule has 7 heteroatoms. The lowest BCUT2D eigenvalue weighted by molar-refractivity contribution is -0.929.